The zero-order chi connectivity index (χ0) is 25.8. The summed E-state index contributed by atoms with van der Waals surface area (Å²) in [5.74, 6) is 0.232. The lowest BCUT2D eigenvalue weighted by Gasteiger charge is -2.19. The molecule has 188 valence electrons. The second-order valence-corrected chi connectivity index (χ2v) is 8.97. The number of aryl methyl sites for hydroxylation is 2. The number of nitrogen functional groups attached to an aromatic ring is 1. The summed E-state index contributed by atoms with van der Waals surface area (Å²) in [4.78, 5) is 44.1. The van der Waals surface area contributed by atoms with Gasteiger partial charge in [0, 0.05) is 43.1 Å². The summed E-state index contributed by atoms with van der Waals surface area (Å²) in [6, 6.07) is 14.4. The van der Waals surface area contributed by atoms with Crippen LogP contribution in [0.5, 0.6) is 0 Å². The van der Waals surface area contributed by atoms with Crippen molar-refractivity contribution in [2.75, 3.05) is 17.6 Å². The predicted octanol–water partition coefficient (Wildman–Crippen LogP) is 2.37. The first-order chi connectivity index (χ1) is 18.0. The molecule has 0 aromatic carbocycles. The Labute approximate surface area is 214 Å². The van der Waals surface area contributed by atoms with Crippen LogP contribution in [0.4, 0.5) is 11.6 Å². The number of carbonyl (C=O) groups is 1. The number of carbonyl (C=O) groups excluding carboxylic acids is 1. The van der Waals surface area contributed by atoms with Crippen molar-refractivity contribution in [3.8, 4) is 0 Å². The number of anilines is 2. The molecule has 10 heteroatoms. The number of rotatable bonds is 8. The van der Waals surface area contributed by atoms with Crippen molar-refractivity contribution in [3.63, 3.8) is 0 Å². The maximum Gasteiger partial charge on any atom is 0.294 e. The highest BCUT2D eigenvalue weighted by molar-refractivity contribution is 5.81. The molecule has 1 aliphatic heterocycles. The third-order valence-corrected chi connectivity index (χ3v) is 6.59. The molecular weight excluding hydrogens is 468 g/mol. The van der Waals surface area contributed by atoms with Gasteiger partial charge in [0.1, 0.15) is 11.9 Å². The molecule has 0 spiro atoms. The van der Waals surface area contributed by atoms with Crippen LogP contribution in [0, 0.1) is 6.92 Å². The normalized spacial score (nSPS) is 14.4. The fraction of sp³-hybridized carbons (Fsp3) is 0.259. The third-order valence-electron chi connectivity index (χ3n) is 6.59. The molecule has 0 unspecified atom stereocenters. The van der Waals surface area contributed by atoms with Gasteiger partial charge in [-0.05, 0) is 55.7 Å². The molecular formula is C27H28N8O2. The van der Waals surface area contributed by atoms with Gasteiger partial charge in [-0.15, -0.1) is 0 Å². The second kappa shape index (κ2) is 10.6. The molecule has 4 N–H and O–H groups in total. The SMILES string of the molecule is Cc1nc(N)ccc1CNC(=O)[C@@H]1CCc2cnc(NCC(c3ccccn3)c3ccccn3)c(=O)n21. The topological polar surface area (TPSA) is 141 Å². The van der Waals surface area contributed by atoms with Crippen molar-refractivity contribution in [3.05, 3.63) is 106 Å². The van der Waals surface area contributed by atoms with E-state index in [1.54, 1.807) is 29.2 Å². The van der Waals surface area contributed by atoms with Crippen LogP contribution in [0.2, 0.25) is 0 Å². The highest BCUT2D eigenvalue weighted by Crippen LogP contribution is 2.25. The Morgan fingerprint density at radius 1 is 1.08 bits per heavy atom. The van der Waals surface area contributed by atoms with E-state index >= 15 is 0 Å². The summed E-state index contributed by atoms with van der Waals surface area (Å²) in [7, 11) is 0. The van der Waals surface area contributed by atoms with E-state index in [0.717, 1.165) is 28.3 Å². The largest absolute Gasteiger partial charge is 0.384 e. The molecule has 4 aromatic rings. The molecule has 5 rings (SSSR count). The fourth-order valence-electron chi connectivity index (χ4n) is 4.63. The zero-order valence-electron chi connectivity index (χ0n) is 20.5. The highest BCUT2D eigenvalue weighted by Gasteiger charge is 2.31. The molecule has 1 aliphatic rings. The van der Waals surface area contributed by atoms with Crippen molar-refractivity contribution in [1.29, 1.82) is 0 Å². The Morgan fingerprint density at radius 3 is 2.46 bits per heavy atom. The Balaban J connectivity index is 1.33. The lowest BCUT2D eigenvalue weighted by molar-refractivity contribution is -0.124. The number of fused-ring (bicyclic) bond motifs is 1. The van der Waals surface area contributed by atoms with Crippen LogP contribution >= 0.6 is 0 Å². The smallest absolute Gasteiger partial charge is 0.294 e. The van der Waals surface area contributed by atoms with Gasteiger partial charge in [0.2, 0.25) is 5.91 Å². The molecule has 37 heavy (non-hydrogen) atoms. The first-order valence-corrected chi connectivity index (χ1v) is 12.2. The second-order valence-electron chi connectivity index (χ2n) is 8.97. The maximum absolute atomic E-state index is 13.4. The molecule has 0 saturated carbocycles. The molecule has 0 fully saturated rings. The number of nitrogens with zero attached hydrogens (tertiary/aromatic N) is 5. The minimum Gasteiger partial charge on any atom is -0.384 e. The highest BCUT2D eigenvalue weighted by atomic mass is 16.2. The van der Waals surface area contributed by atoms with E-state index < -0.39 is 6.04 Å². The van der Waals surface area contributed by atoms with Gasteiger partial charge in [0.15, 0.2) is 5.82 Å². The van der Waals surface area contributed by atoms with E-state index in [2.05, 4.69) is 30.6 Å². The van der Waals surface area contributed by atoms with Crippen molar-refractivity contribution < 1.29 is 4.79 Å². The standard InChI is InChI=1S/C27H28N8O2/c1-17-18(8-11-24(28)34-17)14-33-26(36)23-10-9-19-15-31-25(27(37)35(19)23)32-16-20(21-6-2-4-12-29-21)22-7-3-5-13-30-22/h2-8,11-13,15,20,23H,9-10,14,16H2,1H3,(H2,28,34)(H,31,32)(H,33,36)/t23-/m0/s1. The van der Waals surface area contributed by atoms with Gasteiger partial charge in [-0.25, -0.2) is 9.97 Å². The molecule has 0 aliphatic carbocycles. The third kappa shape index (κ3) is 5.18. The fourth-order valence-corrected chi connectivity index (χ4v) is 4.63. The first kappa shape index (κ1) is 24.1. The molecule has 0 saturated heterocycles. The van der Waals surface area contributed by atoms with Crippen molar-refractivity contribution in [2.24, 2.45) is 0 Å². The Kier molecular flexibility index (Phi) is 6.89. The minimum atomic E-state index is -0.601. The summed E-state index contributed by atoms with van der Waals surface area (Å²) >= 11 is 0. The Hall–Kier alpha value is -4.60. The zero-order valence-corrected chi connectivity index (χ0v) is 20.5. The van der Waals surface area contributed by atoms with Crippen LogP contribution in [0.3, 0.4) is 0 Å². The molecule has 0 bridgehead atoms. The van der Waals surface area contributed by atoms with Gasteiger partial charge in [-0.3, -0.25) is 24.1 Å². The van der Waals surface area contributed by atoms with Crippen molar-refractivity contribution in [2.45, 2.75) is 38.3 Å². The predicted molar refractivity (Wildman–Crippen MR) is 140 cm³/mol. The number of aromatic nitrogens is 5. The van der Waals surface area contributed by atoms with Gasteiger partial charge in [-0.1, -0.05) is 18.2 Å². The number of hydrogen-bond acceptors (Lipinski definition) is 8. The molecule has 0 radical (unpaired) electrons. The number of amides is 1. The summed E-state index contributed by atoms with van der Waals surface area (Å²) in [5.41, 5.74) is 9.45. The monoisotopic (exact) mass is 496 g/mol. The maximum atomic E-state index is 13.4. The first-order valence-electron chi connectivity index (χ1n) is 12.2. The average Bonchev–Trinajstić information content (AvgIpc) is 3.36. The van der Waals surface area contributed by atoms with Gasteiger partial charge in [-0.2, -0.15) is 0 Å². The van der Waals surface area contributed by atoms with E-state index in [1.807, 2.05) is 49.4 Å². The van der Waals surface area contributed by atoms with E-state index in [-0.39, 0.29) is 23.2 Å². The molecule has 1 atom stereocenters. The molecule has 1 amide bonds. The van der Waals surface area contributed by atoms with Crippen LogP contribution in [0.15, 0.2) is 71.9 Å². The summed E-state index contributed by atoms with van der Waals surface area (Å²) in [6.07, 6.45) is 6.28. The number of nitrogens with one attached hydrogen (secondary N) is 2. The van der Waals surface area contributed by atoms with Crippen molar-refractivity contribution in [1.82, 2.24) is 29.8 Å². The molecule has 5 heterocycles. The van der Waals surface area contributed by atoms with E-state index in [1.165, 1.54) is 0 Å². The van der Waals surface area contributed by atoms with Gasteiger partial charge in [0.25, 0.3) is 5.56 Å². The quantitative estimate of drug-likeness (QED) is 0.338. The van der Waals surface area contributed by atoms with Gasteiger partial charge < -0.3 is 16.4 Å². The van der Waals surface area contributed by atoms with Crippen LogP contribution < -0.4 is 21.9 Å². The van der Waals surface area contributed by atoms with E-state index in [9.17, 15) is 9.59 Å². The Morgan fingerprint density at radius 2 is 1.81 bits per heavy atom. The molecule has 10 nitrogen and oxygen atoms in total. The van der Waals surface area contributed by atoms with E-state index in [4.69, 9.17) is 5.73 Å². The van der Waals surface area contributed by atoms with Gasteiger partial charge >= 0.3 is 0 Å². The number of hydrogen-bond donors (Lipinski definition) is 3. The number of pyridine rings is 3. The lowest BCUT2D eigenvalue weighted by Crippen LogP contribution is -2.36. The van der Waals surface area contributed by atoms with Crippen molar-refractivity contribution >= 4 is 17.5 Å². The Bertz CT molecular complexity index is 1420. The summed E-state index contributed by atoms with van der Waals surface area (Å²) < 4.78 is 1.55. The lowest BCUT2D eigenvalue weighted by atomic mass is 10.00. The molecule has 4 aromatic heterocycles. The van der Waals surface area contributed by atoms with Crippen LogP contribution in [0.1, 0.15) is 46.7 Å². The number of nitrogens with two attached hydrogens (primary N) is 1. The van der Waals surface area contributed by atoms with Crippen LogP contribution in [-0.4, -0.2) is 37.0 Å². The minimum absolute atomic E-state index is 0.183. The van der Waals surface area contributed by atoms with Gasteiger partial charge in [0.05, 0.1) is 17.3 Å². The summed E-state index contributed by atoms with van der Waals surface area (Å²) in [5, 5.41) is 6.14. The van der Waals surface area contributed by atoms with E-state index in [0.29, 0.717) is 31.7 Å². The van der Waals surface area contributed by atoms with Crippen LogP contribution in [-0.2, 0) is 17.8 Å². The summed E-state index contributed by atoms with van der Waals surface area (Å²) in [6.45, 7) is 2.53. The average molecular weight is 497 g/mol. The van der Waals surface area contributed by atoms with Crippen LogP contribution in [0.25, 0.3) is 0 Å².